The third-order valence-corrected chi connectivity index (χ3v) is 5.08. The van der Waals surface area contributed by atoms with Crippen LogP contribution < -0.4 is 4.74 Å². The molecule has 2 rings (SSSR count). The molecule has 1 unspecified atom stereocenters. The summed E-state index contributed by atoms with van der Waals surface area (Å²) in [6.45, 7) is 9.23. The minimum absolute atomic E-state index is 0.452. The van der Waals surface area contributed by atoms with E-state index in [9.17, 15) is 14.3 Å². The summed E-state index contributed by atoms with van der Waals surface area (Å²) in [7, 11) is 1.51. The molecule has 0 fully saturated rings. The molecule has 28 heavy (non-hydrogen) atoms. The summed E-state index contributed by atoms with van der Waals surface area (Å²) in [5.41, 5.74) is 1.83. The van der Waals surface area contributed by atoms with Gasteiger partial charge in [-0.3, -0.25) is 9.88 Å². The van der Waals surface area contributed by atoms with Gasteiger partial charge in [0.05, 0.1) is 19.3 Å². The molecule has 0 aliphatic carbocycles. The molecule has 1 aromatic heterocycles. The van der Waals surface area contributed by atoms with Crippen LogP contribution in [0.25, 0.3) is 11.1 Å². The van der Waals surface area contributed by atoms with Crippen molar-refractivity contribution in [3.05, 3.63) is 46.5 Å². The Bertz CT molecular complexity index is 881. The third kappa shape index (κ3) is 4.22. The molecular formula is C21H26ClFN2O3. The number of methoxy groups -OCH3 is 1. The van der Waals surface area contributed by atoms with Gasteiger partial charge in [-0.25, -0.2) is 9.18 Å². The minimum Gasteiger partial charge on any atom is -0.496 e. The van der Waals surface area contributed by atoms with Gasteiger partial charge in [-0.05, 0) is 51.8 Å². The molecule has 5 nitrogen and oxygen atoms in total. The van der Waals surface area contributed by atoms with E-state index in [0.717, 1.165) is 6.20 Å². The first-order chi connectivity index (χ1) is 13.0. The Balaban J connectivity index is 2.82. The topological polar surface area (TPSA) is 62.7 Å². The van der Waals surface area contributed by atoms with Crippen LogP contribution in [-0.2, 0) is 0 Å². The number of halogens is 2. The number of benzene rings is 1. The summed E-state index contributed by atoms with van der Waals surface area (Å²) >= 11 is 6.50. The molecule has 1 aromatic carbocycles. The van der Waals surface area contributed by atoms with Crippen LogP contribution in [0.5, 0.6) is 5.75 Å². The Morgan fingerprint density at radius 1 is 1.36 bits per heavy atom. The predicted molar refractivity (Wildman–Crippen MR) is 109 cm³/mol. The first-order valence-corrected chi connectivity index (χ1v) is 9.40. The highest BCUT2D eigenvalue weighted by atomic mass is 35.5. The van der Waals surface area contributed by atoms with Gasteiger partial charge in [0, 0.05) is 33.4 Å². The van der Waals surface area contributed by atoms with E-state index in [1.54, 1.807) is 6.07 Å². The van der Waals surface area contributed by atoms with Crippen LogP contribution in [0.1, 0.15) is 51.3 Å². The Morgan fingerprint density at radius 3 is 2.46 bits per heavy atom. The van der Waals surface area contributed by atoms with Crippen LogP contribution in [0.2, 0.25) is 5.02 Å². The maximum absolute atomic E-state index is 13.8. The van der Waals surface area contributed by atoms with Gasteiger partial charge < -0.3 is 9.84 Å². The fourth-order valence-corrected chi connectivity index (χ4v) is 3.75. The quantitative estimate of drug-likeness (QED) is 0.650. The lowest BCUT2D eigenvalue weighted by Crippen LogP contribution is -2.47. The number of carbonyl (C=O) groups is 1. The van der Waals surface area contributed by atoms with E-state index in [0.29, 0.717) is 39.4 Å². The van der Waals surface area contributed by atoms with E-state index in [2.05, 4.69) is 4.98 Å². The standard InChI is InChI=1S/C21H26ClFN2O3/c1-7-17(25(20(26)27)21(3,4)5)15-9-16(22)12(2)18(19(15)28-6)13-8-14(23)11-24-10-13/h8-11,17H,7H2,1-6H3,(H,26,27). The molecule has 0 aliphatic heterocycles. The van der Waals surface area contributed by atoms with Crippen LogP contribution in [0.4, 0.5) is 9.18 Å². The highest BCUT2D eigenvalue weighted by Crippen LogP contribution is 2.45. The van der Waals surface area contributed by atoms with Gasteiger partial charge in [0.15, 0.2) is 0 Å². The number of carboxylic acid groups (broad SMARTS) is 1. The second-order valence-corrected chi connectivity index (χ2v) is 8.03. The smallest absolute Gasteiger partial charge is 0.408 e. The molecular weight excluding hydrogens is 383 g/mol. The predicted octanol–water partition coefficient (Wildman–Crippen LogP) is 6.09. The van der Waals surface area contributed by atoms with Crippen molar-refractivity contribution in [1.82, 2.24) is 9.88 Å². The number of hydrogen-bond donors (Lipinski definition) is 1. The molecule has 1 N–H and O–H groups in total. The zero-order valence-electron chi connectivity index (χ0n) is 17.0. The summed E-state index contributed by atoms with van der Waals surface area (Å²) in [5.74, 6) is -0.00831. The van der Waals surface area contributed by atoms with Crippen molar-refractivity contribution in [2.45, 2.75) is 52.6 Å². The molecule has 7 heteroatoms. The van der Waals surface area contributed by atoms with E-state index in [4.69, 9.17) is 16.3 Å². The van der Waals surface area contributed by atoms with E-state index in [1.807, 2.05) is 34.6 Å². The summed E-state index contributed by atoms with van der Waals surface area (Å²) < 4.78 is 19.5. The lowest BCUT2D eigenvalue weighted by molar-refractivity contribution is 0.0675. The van der Waals surface area contributed by atoms with E-state index in [-0.39, 0.29) is 0 Å². The molecule has 0 saturated heterocycles. The number of pyridine rings is 1. The number of nitrogens with zero attached hydrogens (tertiary/aromatic N) is 2. The average Bonchev–Trinajstić information content (AvgIpc) is 2.59. The van der Waals surface area contributed by atoms with Gasteiger partial charge in [0.25, 0.3) is 0 Å². The normalized spacial score (nSPS) is 12.6. The van der Waals surface area contributed by atoms with Crippen LogP contribution in [0.15, 0.2) is 24.5 Å². The van der Waals surface area contributed by atoms with Gasteiger partial charge in [0.2, 0.25) is 0 Å². The van der Waals surface area contributed by atoms with Crippen LogP contribution in [-0.4, -0.2) is 33.7 Å². The summed E-state index contributed by atoms with van der Waals surface area (Å²) in [4.78, 5) is 17.4. The maximum Gasteiger partial charge on any atom is 0.408 e. The first kappa shape index (κ1) is 22.0. The van der Waals surface area contributed by atoms with Gasteiger partial charge in [-0.1, -0.05) is 18.5 Å². The average molecular weight is 409 g/mol. The van der Waals surface area contributed by atoms with Crippen molar-refractivity contribution >= 4 is 17.7 Å². The van der Waals surface area contributed by atoms with Crippen LogP contribution in [0.3, 0.4) is 0 Å². The minimum atomic E-state index is -1.04. The largest absolute Gasteiger partial charge is 0.496 e. The van der Waals surface area contributed by atoms with E-state index < -0.39 is 23.5 Å². The number of hydrogen-bond acceptors (Lipinski definition) is 3. The summed E-state index contributed by atoms with van der Waals surface area (Å²) in [5, 5.41) is 10.3. The van der Waals surface area contributed by atoms with Gasteiger partial charge in [-0.2, -0.15) is 0 Å². The first-order valence-electron chi connectivity index (χ1n) is 9.03. The zero-order valence-corrected chi connectivity index (χ0v) is 17.8. The third-order valence-electron chi connectivity index (χ3n) is 4.69. The van der Waals surface area contributed by atoms with Gasteiger partial charge in [-0.15, -0.1) is 0 Å². The summed E-state index contributed by atoms with van der Waals surface area (Å²) in [6.07, 6.45) is 2.14. The molecule has 1 heterocycles. The van der Waals surface area contributed by atoms with Crippen molar-refractivity contribution in [3.8, 4) is 16.9 Å². The lowest BCUT2D eigenvalue weighted by atomic mass is 9.90. The van der Waals surface area contributed by atoms with Crippen molar-refractivity contribution in [2.75, 3.05) is 7.11 Å². The van der Waals surface area contributed by atoms with Crippen molar-refractivity contribution in [3.63, 3.8) is 0 Å². The molecule has 0 spiro atoms. The van der Waals surface area contributed by atoms with Crippen molar-refractivity contribution in [2.24, 2.45) is 0 Å². The van der Waals surface area contributed by atoms with Crippen molar-refractivity contribution in [1.29, 1.82) is 0 Å². The van der Waals surface area contributed by atoms with Crippen molar-refractivity contribution < 1.29 is 19.0 Å². The SMILES string of the molecule is CCC(c1cc(Cl)c(C)c(-c2cncc(F)c2)c1OC)N(C(=O)O)C(C)(C)C. The molecule has 0 saturated carbocycles. The molecule has 2 aromatic rings. The van der Waals surface area contributed by atoms with E-state index in [1.165, 1.54) is 24.3 Å². The summed E-state index contributed by atoms with van der Waals surface area (Å²) in [6, 6.07) is 2.60. The number of amides is 1. The molecule has 0 aliphatic rings. The fraction of sp³-hybridized carbons (Fsp3) is 0.429. The number of rotatable bonds is 5. The molecule has 0 radical (unpaired) electrons. The molecule has 1 atom stereocenters. The Labute approximate surface area is 170 Å². The maximum atomic E-state index is 13.8. The number of ether oxygens (including phenoxy) is 1. The molecule has 0 bridgehead atoms. The van der Waals surface area contributed by atoms with Gasteiger partial charge in [0.1, 0.15) is 11.6 Å². The Morgan fingerprint density at radius 2 is 2.00 bits per heavy atom. The number of aromatic nitrogens is 1. The van der Waals surface area contributed by atoms with Crippen LogP contribution in [0, 0.1) is 12.7 Å². The second-order valence-electron chi connectivity index (χ2n) is 7.62. The Kier molecular flexibility index (Phi) is 6.55. The lowest BCUT2D eigenvalue weighted by Gasteiger charge is -2.40. The molecule has 1 amide bonds. The van der Waals surface area contributed by atoms with E-state index >= 15 is 0 Å². The second kappa shape index (κ2) is 8.35. The highest BCUT2D eigenvalue weighted by molar-refractivity contribution is 6.32. The highest BCUT2D eigenvalue weighted by Gasteiger charge is 2.36. The molecule has 152 valence electrons. The fourth-order valence-electron chi connectivity index (χ4n) is 3.54. The zero-order chi connectivity index (χ0) is 21.2. The van der Waals surface area contributed by atoms with Crippen LogP contribution >= 0.6 is 11.6 Å². The van der Waals surface area contributed by atoms with Gasteiger partial charge >= 0.3 is 6.09 Å². The monoisotopic (exact) mass is 408 g/mol. The Hall–Kier alpha value is -2.34.